The van der Waals surface area contributed by atoms with Crippen LogP contribution >= 0.6 is 0 Å². The Labute approximate surface area is 76.1 Å². The van der Waals surface area contributed by atoms with Crippen molar-refractivity contribution in [3.8, 4) is 0 Å². The molecule has 0 amide bonds. The SMILES string of the molecule is CC(C)(C)CN1CC2CC(C2)C1. The Morgan fingerprint density at radius 2 is 1.58 bits per heavy atom. The molecule has 2 heterocycles. The summed E-state index contributed by atoms with van der Waals surface area (Å²) in [7, 11) is 0. The number of fused-ring (bicyclic) bond motifs is 2. The van der Waals surface area contributed by atoms with Crippen LogP contribution in [0.5, 0.6) is 0 Å². The van der Waals surface area contributed by atoms with Gasteiger partial charge in [-0.2, -0.15) is 0 Å². The lowest BCUT2D eigenvalue weighted by Gasteiger charge is -2.48. The van der Waals surface area contributed by atoms with Crippen molar-refractivity contribution < 1.29 is 0 Å². The molecule has 0 unspecified atom stereocenters. The van der Waals surface area contributed by atoms with Gasteiger partial charge in [0.2, 0.25) is 0 Å². The summed E-state index contributed by atoms with van der Waals surface area (Å²) in [4.78, 5) is 2.67. The van der Waals surface area contributed by atoms with E-state index in [9.17, 15) is 0 Å². The Kier molecular flexibility index (Phi) is 1.95. The molecule has 3 rings (SSSR count). The number of hydrogen-bond acceptors (Lipinski definition) is 1. The molecule has 1 heteroatoms. The minimum absolute atomic E-state index is 0.490. The topological polar surface area (TPSA) is 3.24 Å². The van der Waals surface area contributed by atoms with Crippen molar-refractivity contribution in [1.29, 1.82) is 0 Å². The van der Waals surface area contributed by atoms with Crippen molar-refractivity contribution in [2.24, 2.45) is 17.3 Å². The Balaban J connectivity index is 1.82. The number of hydrogen-bond donors (Lipinski definition) is 0. The fourth-order valence-electron chi connectivity index (χ4n) is 2.78. The molecule has 0 aromatic carbocycles. The predicted octanol–water partition coefficient (Wildman–Crippen LogP) is 2.37. The number of rotatable bonds is 1. The zero-order valence-corrected chi connectivity index (χ0v) is 8.64. The van der Waals surface area contributed by atoms with Gasteiger partial charge < -0.3 is 4.90 Å². The van der Waals surface area contributed by atoms with E-state index in [4.69, 9.17) is 0 Å². The van der Waals surface area contributed by atoms with Crippen LogP contribution in [-0.2, 0) is 0 Å². The maximum absolute atomic E-state index is 2.67. The van der Waals surface area contributed by atoms with E-state index in [1.165, 1.54) is 32.5 Å². The summed E-state index contributed by atoms with van der Waals surface area (Å²) in [6.45, 7) is 11.1. The number of piperidine rings is 2. The van der Waals surface area contributed by atoms with E-state index < -0.39 is 0 Å². The summed E-state index contributed by atoms with van der Waals surface area (Å²) < 4.78 is 0. The molecule has 1 aliphatic carbocycles. The van der Waals surface area contributed by atoms with E-state index in [1.54, 1.807) is 0 Å². The van der Waals surface area contributed by atoms with Gasteiger partial charge in [-0.1, -0.05) is 20.8 Å². The van der Waals surface area contributed by atoms with Gasteiger partial charge in [0, 0.05) is 19.6 Å². The van der Waals surface area contributed by atoms with E-state index in [-0.39, 0.29) is 0 Å². The highest BCUT2D eigenvalue weighted by atomic mass is 15.2. The maximum Gasteiger partial charge on any atom is 0.00303 e. The van der Waals surface area contributed by atoms with Gasteiger partial charge >= 0.3 is 0 Å². The van der Waals surface area contributed by atoms with Crippen molar-refractivity contribution in [2.45, 2.75) is 33.6 Å². The normalized spacial score (nSPS) is 36.2. The fraction of sp³-hybridized carbons (Fsp3) is 1.00. The molecule has 2 saturated heterocycles. The third-order valence-electron chi connectivity index (χ3n) is 3.06. The predicted molar refractivity (Wildman–Crippen MR) is 52.1 cm³/mol. The Bertz CT molecular complexity index is 152. The van der Waals surface area contributed by atoms with Crippen LogP contribution in [0, 0.1) is 17.3 Å². The van der Waals surface area contributed by atoms with Crippen LogP contribution in [0.3, 0.4) is 0 Å². The van der Waals surface area contributed by atoms with Gasteiger partial charge in [0.1, 0.15) is 0 Å². The van der Waals surface area contributed by atoms with Crippen LogP contribution in [0.15, 0.2) is 0 Å². The third kappa shape index (κ3) is 1.82. The summed E-state index contributed by atoms with van der Waals surface area (Å²) in [6, 6.07) is 0. The maximum atomic E-state index is 2.67. The molecule has 0 aromatic rings. The van der Waals surface area contributed by atoms with Gasteiger partial charge in [-0.15, -0.1) is 0 Å². The average Bonchev–Trinajstić information content (AvgIpc) is 1.80. The fourth-order valence-corrected chi connectivity index (χ4v) is 2.78. The van der Waals surface area contributed by atoms with Crippen LogP contribution in [0.2, 0.25) is 0 Å². The molecule has 1 saturated carbocycles. The van der Waals surface area contributed by atoms with Gasteiger partial charge in [-0.05, 0) is 30.1 Å². The molecule has 0 spiro atoms. The van der Waals surface area contributed by atoms with E-state index in [1.807, 2.05) is 0 Å². The highest BCUT2D eigenvalue weighted by Gasteiger charge is 2.37. The first kappa shape index (κ1) is 8.55. The summed E-state index contributed by atoms with van der Waals surface area (Å²) >= 11 is 0. The lowest BCUT2D eigenvalue weighted by Crippen LogP contribution is -2.50. The van der Waals surface area contributed by atoms with Crippen molar-refractivity contribution in [3.05, 3.63) is 0 Å². The molecular formula is C11H21N. The highest BCUT2D eigenvalue weighted by Crippen LogP contribution is 2.40. The van der Waals surface area contributed by atoms with Gasteiger partial charge in [0.05, 0.1) is 0 Å². The van der Waals surface area contributed by atoms with Gasteiger partial charge in [0.15, 0.2) is 0 Å². The molecule has 12 heavy (non-hydrogen) atoms. The Morgan fingerprint density at radius 1 is 1.08 bits per heavy atom. The van der Waals surface area contributed by atoms with Gasteiger partial charge in [-0.25, -0.2) is 0 Å². The lowest BCUT2D eigenvalue weighted by atomic mass is 9.71. The Morgan fingerprint density at radius 3 is 2.00 bits per heavy atom. The summed E-state index contributed by atoms with van der Waals surface area (Å²) in [6.07, 6.45) is 3.06. The standard InChI is InChI=1S/C11H21N/c1-11(2,3)8-12-6-9-4-10(5-9)7-12/h9-10H,4-8H2,1-3H3. The van der Waals surface area contributed by atoms with E-state index in [2.05, 4.69) is 25.7 Å². The first-order valence-electron chi connectivity index (χ1n) is 5.25. The summed E-state index contributed by atoms with van der Waals surface area (Å²) in [5, 5.41) is 0. The van der Waals surface area contributed by atoms with Crippen molar-refractivity contribution in [1.82, 2.24) is 4.90 Å². The highest BCUT2D eigenvalue weighted by molar-refractivity contribution is 4.90. The van der Waals surface area contributed by atoms with Gasteiger partial charge in [-0.3, -0.25) is 0 Å². The van der Waals surface area contributed by atoms with Crippen molar-refractivity contribution >= 4 is 0 Å². The molecule has 70 valence electrons. The average molecular weight is 167 g/mol. The molecule has 3 aliphatic rings. The van der Waals surface area contributed by atoms with Crippen LogP contribution in [-0.4, -0.2) is 24.5 Å². The van der Waals surface area contributed by atoms with Crippen LogP contribution < -0.4 is 0 Å². The minimum Gasteiger partial charge on any atom is -0.302 e. The molecule has 1 nitrogen and oxygen atoms in total. The minimum atomic E-state index is 0.490. The van der Waals surface area contributed by atoms with Crippen LogP contribution in [0.1, 0.15) is 33.6 Å². The summed E-state index contributed by atoms with van der Waals surface area (Å²) in [5.41, 5.74) is 0.490. The molecule has 0 N–H and O–H groups in total. The van der Waals surface area contributed by atoms with Crippen LogP contribution in [0.4, 0.5) is 0 Å². The molecule has 3 fully saturated rings. The van der Waals surface area contributed by atoms with E-state index in [0.717, 1.165) is 11.8 Å². The Hall–Kier alpha value is -0.0400. The third-order valence-corrected chi connectivity index (χ3v) is 3.06. The summed E-state index contributed by atoms with van der Waals surface area (Å²) in [5.74, 6) is 2.12. The first-order valence-corrected chi connectivity index (χ1v) is 5.25. The van der Waals surface area contributed by atoms with Crippen LogP contribution in [0.25, 0.3) is 0 Å². The quantitative estimate of drug-likeness (QED) is 0.579. The first-order chi connectivity index (χ1) is 5.53. The molecule has 0 radical (unpaired) electrons. The zero-order chi connectivity index (χ0) is 8.77. The molecule has 0 atom stereocenters. The van der Waals surface area contributed by atoms with Crippen molar-refractivity contribution in [2.75, 3.05) is 19.6 Å². The smallest absolute Gasteiger partial charge is 0.00303 e. The molecular weight excluding hydrogens is 146 g/mol. The van der Waals surface area contributed by atoms with Crippen molar-refractivity contribution in [3.63, 3.8) is 0 Å². The number of nitrogens with zero attached hydrogens (tertiary/aromatic N) is 1. The molecule has 2 aliphatic heterocycles. The zero-order valence-electron chi connectivity index (χ0n) is 8.64. The molecule has 0 aromatic heterocycles. The molecule has 2 bridgehead atoms. The van der Waals surface area contributed by atoms with E-state index in [0.29, 0.717) is 5.41 Å². The monoisotopic (exact) mass is 167 g/mol. The second-order valence-corrected chi connectivity index (χ2v) is 5.96. The second-order valence-electron chi connectivity index (χ2n) is 5.96. The largest absolute Gasteiger partial charge is 0.302 e. The van der Waals surface area contributed by atoms with Gasteiger partial charge in [0.25, 0.3) is 0 Å². The van der Waals surface area contributed by atoms with E-state index >= 15 is 0 Å². The second kappa shape index (κ2) is 2.73. The lowest BCUT2D eigenvalue weighted by molar-refractivity contribution is 0.0102.